The third-order valence-corrected chi connectivity index (χ3v) is 4.03. The van der Waals surface area contributed by atoms with Crippen molar-refractivity contribution in [1.29, 1.82) is 0 Å². The number of allylic oxidation sites excluding steroid dienone is 4. The minimum absolute atomic E-state index is 0.0431. The number of aryl methyl sites for hydroxylation is 1. The molecule has 2 rings (SSSR count). The summed E-state index contributed by atoms with van der Waals surface area (Å²) in [6.45, 7) is 10.8. The SMILES string of the molecule is CC1=CCC(C)(C=NC(C)(C)c2ccc(C)cc2)C=C1. The number of benzene rings is 1. The average molecular weight is 267 g/mol. The van der Waals surface area contributed by atoms with Crippen LogP contribution in [-0.2, 0) is 5.54 Å². The quantitative estimate of drug-likeness (QED) is 0.666. The third-order valence-electron chi connectivity index (χ3n) is 4.03. The van der Waals surface area contributed by atoms with Crippen molar-refractivity contribution in [1.82, 2.24) is 0 Å². The van der Waals surface area contributed by atoms with Crippen molar-refractivity contribution in [2.45, 2.75) is 46.6 Å². The number of hydrogen-bond donors (Lipinski definition) is 0. The van der Waals surface area contributed by atoms with Crippen molar-refractivity contribution in [2.24, 2.45) is 10.4 Å². The van der Waals surface area contributed by atoms with Crippen LogP contribution in [0.4, 0.5) is 0 Å². The monoisotopic (exact) mass is 267 g/mol. The van der Waals surface area contributed by atoms with Gasteiger partial charge >= 0.3 is 0 Å². The van der Waals surface area contributed by atoms with Gasteiger partial charge in [0.05, 0.1) is 5.54 Å². The molecule has 20 heavy (non-hydrogen) atoms. The van der Waals surface area contributed by atoms with E-state index in [1.54, 1.807) is 0 Å². The van der Waals surface area contributed by atoms with Crippen molar-refractivity contribution in [3.63, 3.8) is 0 Å². The van der Waals surface area contributed by atoms with E-state index >= 15 is 0 Å². The molecule has 0 aliphatic heterocycles. The van der Waals surface area contributed by atoms with Gasteiger partial charge in [-0.25, -0.2) is 0 Å². The van der Waals surface area contributed by atoms with Crippen LogP contribution in [0.3, 0.4) is 0 Å². The zero-order chi connectivity index (χ0) is 14.8. The van der Waals surface area contributed by atoms with Gasteiger partial charge in [-0.15, -0.1) is 0 Å². The zero-order valence-electron chi connectivity index (χ0n) is 13.3. The minimum atomic E-state index is -0.180. The van der Waals surface area contributed by atoms with Crippen molar-refractivity contribution >= 4 is 6.21 Å². The molecular formula is C19H25N. The molecule has 0 saturated carbocycles. The lowest BCUT2D eigenvalue weighted by Gasteiger charge is -2.26. The lowest BCUT2D eigenvalue weighted by Crippen LogP contribution is -2.21. The van der Waals surface area contributed by atoms with E-state index in [0.717, 1.165) is 6.42 Å². The van der Waals surface area contributed by atoms with E-state index in [2.05, 4.69) is 83.3 Å². The summed E-state index contributed by atoms with van der Waals surface area (Å²) in [6.07, 6.45) is 9.88. The van der Waals surface area contributed by atoms with Crippen LogP contribution in [0, 0.1) is 12.3 Å². The molecule has 1 aromatic carbocycles. The highest BCUT2D eigenvalue weighted by atomic mass is 14.8. The maximum absolute atomic E-state index is 4.87. The van der Waals surface area contributed by atoms with Gasteiger partial charge in [0.2, 0.25) is 0 Å². The van der Waals surface area contributed by atoms with Crippen molar-refractivity contribution in [2.75, 3.05) is 0 Å². The van der Waals surface area contributed by atoms with Gasteiger partial charge in [-0.3, -0.25) is 4.99 Å². The van der Waals surface area contributed by atoms with Crippen LogP contribution in [0.15, 0.2) is 53.1 Å². The molecule has 1 atom stereocenters. The molecule has 1 aromatic rings. The second-order valence-electron chi connectivity index (χ2n) is 6.67. The van der Waals surface area contributed by atoms with E-state index in [9.17, 15) is 0 Å². The average Bonchev–Trinajstić information content (AvgIpc) is 2.41. The lowest BCUT2D eigenvalue weighted by molar-refractivity contribution is 0.538. The van der Waals surface area contributed by atoms with Gasteiger partial charge in [0, 0.05) is 11.6 Å². The Balaban J connectivity index is 2.17. The predicted molar refractivity (Wildman–Crippen MR) is 88.3 cm³/mol. The Kier molecular flexibility index (Phi) is 3.99. The van der Waals surface area contributed by atoms with Gasteiger partial charge in [0.1, 0.15) is 0 Å². The molecule has 1 heteroatoms. The van der Waals surface area contributed by atoms with Gasteiger partial charge in [-0.05, 0) is 39.7 Å². The number of aliphatic imine (C=N–C) groups is 1. The second kappa shape index (κ2) is 5.40. The fourth-order valence-corrected chi connectivity index (χ4v) is 2.28. The summed E-state index contributed by atoms with van der Waals surface area (Å²) in [6, 6.07) is 8.66. The molecule has 1 unspecified atom stereocenters. The molecular weight excluding hydrogens is 242 g/mol. The maximum Gasteiger partial charge on any atom is 0.0796 e. The Morgan fingerprint density at radius 2 is 1.80 bits per heavy atom. The Morgan fingerprint density at radius 3 is 2.35 bits per heavy atom. The van der Waals surface area contributed by atoms with Crippen LogP contribution in [0.5, 0.6) is 0 Å². The van der Waals surface area contributed by atoms with Crippen LogP contribution in [0.25, 0.3) is 0 Å². The topological polar surface area (TPSA) is 12.4 Å². The molecule has 0 fully saturated rings. The summed E-state index contributed by atoms with van der Waals surface area (Å²) in [5.41, 5.74) is 3.75. The van der Waals surface area contributed by atoms with Crippen molar-refractivity contribution in [3.05, 3.63) is 59.2 Å². The molecule has 1 nitrogen and oxygen atoms in total. The van der Waals surface area contributed by atoms with Crippen LogP contribution < -0.4 is 0 Å². The maximum atomic E-state index is 4.87. The number of hydrogen-bond acceptors (Lipinski definition) is 1. The van der Waals surface area contributed by atoms with E-state index in [-0.39, 0.29) is 11.0 Å². The van der Waals surface area contributed by atoms with Gasteiger partial charge in [0.15, 0.2) is 0 Å². The summed E-state index contributed by atoms with van der Waals surface area (Å²) >= 11 is 0. The molecule has 1 aliphatic carbocycles. The Hall–Kier alpha value is -1.63. The summed E-state index contributed by atoms with van der Waals surface area (Å²) in [5.74, 6) is 0. The van der Waals surface area contributed by atoms with Crippen molar-refractivity contribution in [3.8, 4) is 0 Å². The summed E-state index contributed by atoms with van der Waals surface area (Å²) in [7, 11) is 0. The van der Waals surface area contributed by atoms with E-state index in [0.29, 0.717) is 0 Å². The summed E-state index contributed by atoms with van der Waals surface area (Å²) in [5, 5.41) is 0. The molecule has 1 aliphatic rings. The first-order valence-electron chi connectivity index (χ1n) is 7.30. The van der Waals surface area contributed by atoms with E-state index in [1.165, 1.54) is 16.7 Å². The second-order valence-corrected chi connectivity index (χ2v) is 6.67. The van der Waals surface area contributed by atoms with Crippen LogP contribution in [0.2, 0.25) is 0 Å². The van der Waals surface area contributed by atoms with Gasteiger partial charge in [-0.1, -0.05) is 60.6 Å². The van der Waals surface area contributed by atoms with Gasteiger partial charge in [-0.2, -0.15) is 0 Å². The Labute approximate surface area is 123 Å². The predicted octanol–water partition coefficient (Wildman–Crippen LogP) is 5.21. The standard InChI is InChI=1S/C19H25N/c1-15-6-8-17(9-7-15)18(3,4)20-14-19(5)12-10-16(2)11-13-19/h6-12,14H,13H2,1-5H3. The first-order valence-corrected chi connectivity index (χ1v) is 7.30. The molecule has 0 amide bonds. The molecule has 0 saturated heterocycles. The largest absolute Gasteiger partial charge is 0.286 e. The molecule has 0 aromatic heterocycles. The fourth-order valence-electron chi connectivity index (χ4n) is 2.28. The molecule has 0 radical (unpaired) electrons. The highest BCUT2D eigenvalue weighted by molar-refractivity contribution is 5.70. The molecule has 0 spiro atoms. The van der Waals surface area contributed by atoms with Crippen LogP contribution in [0.1, 0.15) is 45.2 Å². The molecule has 106 valence electrons. The van der Waals surface area contributed by atoms with E-state index < -0.39 is 0 Å². The van der Waals surface area contributed by atoms with Gasteiger partial charge in [0.25, 0.3) is 0 Å². The smallest absolute Gasteiger partial charge is 0.0796 e. The Bertz CT molecular complexity index is 558. The zero-order valence-corrected chi connectivity index (χ0v) is 13.3. The first-order chi connectivity index (χ1) is 9.31. The highest BCUT2D eigenvalue weighted by Gasteiger charge is 2.23. The van der Waals surface area contributed by atoms with E-state index in [1.807, 2.05) is 0 Å². The van der Waals surface area contributed by atoms with Gasteiger partial charge < -0.3 is 0 Å². The minimum Gasteiger partial charge on any atom is -0.286 e. The lowest BCUT2D eigenvalue weighted by atomic mass is 9.83. The Morgan fingerprint density at radius 1 is 1.15 bits per heavy atom. The normalized spacial score (nSPS) is 23.1. The molecule has 0 N–H and O–H groups in total. The van der Waals surface area contributed by atoms with Crippen molar-refractivity contribution < 1.29 is 0 Å². The van der Waals surface area contributed by atoms with Crippen LogP contribution >= 0.6 is 0 Å². The third kappa shape index (κ3) is 3.47. The number of rotatable bonds is 3. The molecule has 0 bridgehead atoms. The molecule has 0 heterocycles. The summed E-state index contributed by atoms with van der Waals surface area (Å²) < 4.78 is 0. The fraction of sp³-hybridized carbons (Fsp3) is 0.421. The number of nitrogens with zero attached hydrogens (tertiary/aromatic N) is 1. The highest BCUT2D eigenvalue weighted by Crippen LogP contribution is 2.30. The first kappa shape index (κ1) is 14.8. The van der Waals surface area contributed by atoms with Crippen LogP contribution in [-0.4, -0.2) is 6.21 Å². The summed E-state index contributed by atoms with van der Waals surface area (Å²) in [4.78, 5) is 4.87. The van der Waals surface area contributed by atoms with E-state index in [4.69, 9.17) is 4.99 Å².